The van der Waals surface area contributed by atoms with Crippen molar-refractivity contribution in [3.05, 3.63) is 23.8 Å². The maximum absolute atomic E-state index is 13.5. The molecule has 0 aromatic heterocycles. The Kier molecular flexibility index (Phi) is 5.60. The van der Waals surface area contributed by atoms with E-state index in [1.54, 1.807) is 19.1 Å². The molecule has 7 heteroatoms. The molecule has 7 nitrogen and oxygen atoms in total. The number of methoxy groups -OCH3 is 2. The van der Waals surface area contributed by atoms with Gasteiger partial charge in [0.05, 0.1) is 25.7 Å². The highest BCUT2D eigenvalue weighted by atomic mass is 16.5. The molecule has 1 aromatic carbocycles. The first-order valence-electron chi connectivity index (χ1n) is 9.35. The van der Waals surface area contributed by atoms with Crippen molar-refractivity contribution < 1.29 is 29.3 Å². The lowest BCUT2D eigenvalue weighted by atomic mass is 9.76. The molecule has 2 aliphatic rings. The first-order valence-corrected chi connectivity index (χ1v) is 9.35. The highest BCUT2D eigenvalue weighted by molar-refractivity contribution is 5.89. The second-order valence-electron chi connectivity index (χ2n) is 7.41. The Labute approximate surface area is 158 Å². The van der Waals surface area contributed by atoms with Crippen LogP contribution in [0, 0.1) is 5.92 Å². The van der Waals surface area contributed by atoms with Crippen molar-refractivity contribution in [3.8, 4) is 11.5 Å². The molecular formula is C20H27NO6. The Morgan fingerprint density at radius 2 is 1.81 bits per heavy atom. The lowest BCUT2D eigenvalue weighted by molar-refractivity contribution is -0.153. The van der Waals surface area contributed by atoms with Crippen molar-refractivity contribution in [2.75, 3.05) is 27.3 Å². The average molecular weight is 377 g/mol. The molecule has 2 N–H and O–H groups in total. The molecule has 1 saturated heterocycles. The van der Waals surface area contributed by atoms with Gasteiger partial charge >= 0.3 is 5.97 Å². The molecule has 1 heterocycles. The molecule has 0 radical (unpaired) electrons. The molecule has 2 atom stereocenters. The molecule has 3 rings (SSSR count). The Balaban J connectivity index is 1.93. The van der Waals surface area contributed by atoms with E-state index in [0.29, 0.717) is 18.0 Å². The van der Waals surface area contributed by atoms with Crippen LogP contribution in [0.25, 0.3) is 0 Å². The number of aliphatic hydroxyl groups excluding tert-OH is 1. The lowest BCUT2D eigenvalue weighted by Crippen LogP contribution is -2.54. The number of hydrogen-bond acceptors (Lipinski definition) is 5. The summed E-state index contributed by atoms with van der Waals surface area (Å²) in [5.74, 6) is -0.871. The minimum atomic E-state index is -1.06. The molecule has 1 saturated carbocycles. The summed E-state index contributed by atoms with van der Waals surface area (Å²) in [6, 6.07) is 5.56. The molecule has 1 aromatic rings. The van der Waals surface area contributed by atoms with E-state index in [4.69, 9.17) is 9.47 Å². The number of carboxylic acids is 1. The van der Waals surface area contributed by atoms with Gasteiger partial charge in [0.15, 0.2) is 11.5 Å². The van der Waals surface area contributed by atoms with Gasteiger partial charge in [0, 0.05) is 13.1 Å². The molecule has 1 aliphatic heterocycles. The Morgan fingerprint density at radius 3 is 2.41 bits per heavy atom. The van der Waals surface area contributed by atoms with Gasteiger partial charge in [-0.05, 0) is 37.0 Å². The van der Waals surface area contributed by atoms with Crippen molar-refractivity contribution in [1.82, 2.24) is 4.90 Å². The summed E-state index contributed by atoms with van der Waals surface area (Å²) < 4.78 is 10.7. The molecule has 1 aliphatic carbocycles. The third-order valence-electron chi connectivity index (χ3n) is 5.98. The number of piperidine rings is 1. The van der Waals surface area contributed by atoms with Crippen molar-refractivity contribution >= 4 is 11.9 Å². The zero-order valence-corrected chi connectivity index (χ0v) is 15.8. The highest BCUT2D eigenvalue weighted by Gasteiger charge is 2.47. The summed E-state index contributed by atoms with van der Waals surface area (Å²) in [4.78, 5) is 26.6. The van der Waals surface area contributed by atoms with Crippen LogP contribution < -0.4 is 9.47 Å². The van der Waals surface area contributed by atoms with Crippen molar-refractivity contribution in [2.45, 2.75) is 43.6 Å². The Morgan fingerprint density at radius 1 is 1.15 bits per heavy atom. The number of rotatable bonds is 5. The first kappa shape index (κ1) is 19.5. The highest BCUT2D eigenvalue weighted by Crippen LogP contribution is 2.45. The molecule has 2 fully saturated rings. The van der Waals surface area contributed by atoms with Crippen LogP contribution in [0.5, 0.6) is 11.5 Å². The van der Waals surface area contributed by atoms with Gasteiger partial charge in [0.2, 0.25) is 5.91 Å². The van der Waals surface area contributed by atoms with E-state index in [0.717, 1.165) is 31.2 Å². The summed E-state index contributed by atoms with van der Waals surface area (Å²) in [5.41, 5.74) is 0.200. The van der Waals surface area contributed by atoms with Gasteiger partial charge < -0.3 is 24.6 Å². The summed E-state index contributed by atoms with van der Waals surface area (Å²) in [5, 5.41) is 19.3. The number of nitrogens with zero attached hydrogens (tertiary/aromatic N) is 1. The Hall–Kier alpha value is -2.28. The third-order valence-corrected chi connectivity index (χ3v) is 5.98. The van der Waals surface area contributed by atoms with Crippen LogP contribution in [-0.4, -0.2) is 60.4 Å². The smallest absolute Gasteiger partial charge is 0.310 e. The number of benzene rings is 1. The second kappa shape index (κ2) is 7.76. The standard InChI is InChI=1S/C20H27NO6/c1-26-16-6-5-13(11-17(16)27-2)20(8-3-4-9-20)19(25)21-10-7-15(22)14(12-21)18(23)24/h5-6,11,14-15,22H,3-4,7-10,12H2,1-2H3,(H,23,24)/t14-,15+/m0/s1. The predicted octanol–water partition coefficient (Wildman–Crippen LogP) is 1.81. The Bertz CT molecular complexity index is 712. The first-order chi connectivity index (χ1) is 12.9. The molecule has 0 spiro atoms. The van der Waals surface area contributed by atoms with E-state index in [1.165, 1.54) is 0 Å². The van der Waals surface area contributed by atoms with Crippen LogP contribution in [0.1, 0.15) is 37.7 Å². The summed E-state index contributed by atoms with van der Waals surface area (Å²) >= 11 is 0. The summed E-state index contributed by atoms with van der Waals surface area (Å²) in [6.07, 6.45) is 2.70. The number of carbonyl (C=O) groups excluding carboxylic acids is 1. The lowest BCUT2D eigenvalue weighted by Gasteiger charge is -2.40. The maximum atomic E-state index is 13.5. The van der Waals surface area contributed by atoms with Crippen LogP contribution in [0.2, 0.25) is 0 Å². The fourth-order valence-corrected chi connectivity index (χ4v) is 4.41. The molecule has 1 amide bonds. The number of ether oxygens (including phenoxy) is 2. The van der Waals surface area contributed by atoms with E-state index in [1.807, 2.05) is 18.2 Å². The normalized spacial score (nSPS) is 24.5. The van der Waals surface area contributed by atoms with Gasteiger partial charge in [-0.25, -0.2) is 0 Å². The second-order valence-corrected chi connectivity index (χ2v) is 7.41. The fourth-order valence-electron chi connectivity index (χ4n) is 4.41. The minimum Gasteiger partial charge on any atom is -0.493 e. The number of hydrogen-bond donors (Lipinski definition) is 2. The van der Waals surface area contributed by atoms with Crippen LogP contribution in [0.15, 0.2) is 18.2 Å². The predicted molar refractivity (Wildman–Crippen MR) is 98.0 cm³/mol. The molecule has 0 bridgehead atoms. The van der Waals surface area contributed by atoms with Crippen LogP contribution in [-0.2, 0) is 15.0 Å². The number of carbonyl (C=O) groups is 2. The van der Waals surface area contributed by atoms with Crippen LogP contribution >= 0.6 is 0 Å². The largest absolute Gasteiger partial charge is 0.493 e. The maximum Gasteiger partial charge on any atom is 0.310 e. The minimum absolute atomic E-state index is 0.0460. The summed E-state index contributed by atoms with van der Waals surface area (Å²) in [7, 11) is 3.13. The van der Waals surface area contributed by atoms with E-state index in [2.05, 4.69) is 0 Å². The summed E-state index contributed by atoms with van der Waals surface area (Å²) in [6.45, 7) is 0.420. The molecule has 27 heavy (non-hydrogen) atoms. The van der Waals surface area contributed by atoms with Crippen molar-refractivity contribution in [2.24, 2.45) is 5.92 Å². The topological polar surface area (TPSA) is 96.3 Å². The van der Waals surface area contributed by atoms with E-state index in [-0.39, 0.29) is 18.9 Å². The number of aliphatic carboxylic acids is 1. The van der Waals surface area contributed by atoms with Crippen LogP contribution in [0.4, 0.5) is 0 Å². The van der Waals surface area contributed by atoms with E-state index < -0.39 is 23.4 Å². The molecule has 0 unspecified atom stereocenters. The zero-order valence-electron chi connectivity index (χ0n) is 15.8. The number of carboxylic acid groups (broad SMARTS) is 1. The SMILES string of the molecule is COc1ccc(C2(C(=O)N3CC[C@@H](O)[C@@H](C(=O)O)C3)CCCC2)cc1OC. The fraction of sp³-hybridized carbons (Fsp3) is 0.600. The monoisotopic (exact) mass is 377 g/mol. The molecule has 148 valence electrons. The molecular weight excluding hydrogens is 350 g/mol. The third kappa shape index (κ3) is 3.48. The van der Waals surface area contributed by atoms with Gasteiger partial charge in [-0.15, -0.1) is 0 Å². The number of likely N-dealkylation sites (tertiary alicyclic amines) is 1. The van der Waals surface area contributed by atoms with Crippen molar-refractivity contribution in [3.63, 3.8) is 0 Å². The van der Waals surface area contributed by atoms with E-state index >= 15 is 0 Å². The van der Waals surface area contributed by atoms with Crippen LogP contribution in [0.3, 0.4) is 0 Å². The quantitative estimate of drug-likeness (QED) is 0.812. The average Bonchev–Trinajstić information content (AvgIpc) is 3.18. The number of aliphatic hydroxyl groups is 1. The van der Waals surface area contributed by atoms with Gasteiger partial charge in [0.25, 0.3) is 0 Å². The van der Waals surface area contributed by atoms with Gasteiger partial charge in [-0.3, -0.25) is 9.59 Å². The number of amides is 1. The van der Waals surface area contributed by atoms with Gasteiger partial charge in [-0.2, -0.15) is 0 Å². The zero-order chi connectivity index (χ0) is 19.6. The van der Waals surface area contributed by atoms with Crippen molar-refractivity contribution in [1.29, 1.82) is 0 Å². The van der Waals surface area contributed by atoms with E-state index in [9.17, 15) is 19.8 Å². The van der Waals surface area contributed by atoms with Gasteiger partial charge in [-0.1, -0.05) is 18.9 Å². The van der Waals surface area contributed by atoms with Gasteiger partial charge in [0.1, 0.15) is 5.92 Å².